The molecule has 2 aliphatic rings. The van der Waals surface area contributed by atoms with Gasteiger partial charge in [0.1, 0.15) is 6.04 Å². The highest BCUT2D eigenvalue weighted by Gasteiger charge is 2.54. The van der Waals surface area contributed by atoms with Crippen LogP contribution >= 0.6 is 0 Å². The number of nitrogens with zero attached hydrogens (tertiary/aromatic N) is 1. The van der Waals surface area contributed by atoms with Gasteiger partial charge in [-0.15, -0.1) is 0 Å². The number of aliphatic hydroxyl groups excluding tert-OH is 1. The van der Waals surface area contributed by atoms with E-state index in [0.717, 1.165) is 4.90 Å². The van der Waals surface area contributed by atoms with Crippen molar-refractivity contribution in [3.8, 4) is 0 Å². The predicted octanol–water partition coefficient (Wildman–Crippen LogP) is 3.13. The topological polar surface area (TPSA) is 119 Å². The standard InChI is InChI=1S/C30H27NO8/c1-37-23-16-20(17-38-29(35)18-10-4-2-5-11-18)25(32)26(39-30(36)19-12-6-3-7-13-19)24(23)31-27(33)21-14-8-9-15-22(21)28(31)34/h2-15,20,23-26,32H,16-17H2,1H3. The van der Waals surface area contributed by atoms with Gasteiger partial charge in [0.15, 0.2) is 6.10 Å². The fraction of sp³-hybridized carbons (Fsp3) is 0.267. The van der Waals surface area contributed by atoms with Crippen LogP contribution in [0.1, 0.15) is 47.9 Å². The average Bonchev–Trinajstić information content (AvgIpc) is 3.23. The number of hydrogen-bond acceptors (Lipinski definition) is 8. The van der Waals surface area contributed by atoms with Crippen LogP contribution in [0.5, 0.6) is 0 Å². The highest BCUT2D eigenvalue weighted by atomic mass is 16.6. The molecule has 1 N–H and O–H groups in total. The van der Waals surface area contributed by atoms with E-state index in [1.165, 1.54) is 7.11 Å². The van der Waals surface area contributed by atoms with Crippen LogP contribution in [0, 0.1) is 5.92 Å². The molecule has 39 heavy (non-hydrogen) atoms. The molecule has 9 heteroatoms. The van der Waals surface area contributed by atoms with E-state index in [4.69, 9.17) is 14.2 Å². The molecule has 5 atom stereocenters. The van der Waals surface area contributed by atoms with Crippen LogP contribution in [0.15, 0.2) is 84.9 Å². The molecular formula is C30H27NO8. The summed E-state index contributed by atoms with van der Waals surface area (Å²) >= 11 is 0. The fourth-order valence-electron chi connectivity index (χ4n) is 5.20. The van der Waals surface area contributed by atoms with Crippen molar-refractivity contribution in [1.82, 2.24) is 4.90 Å². The van der Waals surface area contributed by atoms with Gasteiger partial charge in [-0.3, -0.25) is 14.5 Å². The van der Waals surface area contributed by atoms with Crippen molar-refractivity contribution < 1.29 is 38.5 Å². The van der Waals surface area contributed by atoms with Crippen molar-refractivity contribution in [2.75, 3.05) is 13.7 Å². The van der Waals surface area contributed by atoms with Crippen LogP contribution in [0.3, 0.4) is 0 Å². The lowest BCUT2D eigenvalue weighted by molar-refractivity contribution is -0.142. The lowest BCUT2D eigenvalue weighted by Gasteiger charge is -2.46. The highest BCUT2D eigenvalue weighted by Crippen LogP contribution is 2.37. The van der Waals surface area contributed by atoms with Gasteiger partial charge in [0.05, 0.1) is 41.1 Å². The monoisotopic (exact) mass is 529 g/mol. The van der Waals surface area contributed by atoms with E-state index in [2.05, 4.69) is 0 Å². The Labute approximate surface area is 224 Å². The number of fused-ring (bicyclic) bond motifs is 1. The van der Waals surface area contributed by atoms with Gasteiger partial charge in [-0.2, -0.15) is 0 Å². The fourth-order valence-corrected chi connectivity index (χ4v) is 5.20. The summed E-state index contributed by atoms with van der Waals surface area (Å²) in [5.41, 5.74) is 1.03. The number of methoxy groups -OCH3 is 1. The third-order valence-electron chi connectivity index (χ3n) is 7.19. The SMILES string of the molecule is COC1CC(COC(=O)c2ccccc2)C(O)C(OC(=O)c2ccccc2)C1N1C(=O)c2ccccc2C1=O. The second-order valence-electron chi connectivity index (χ2n) is 9.48. The van der Waals surface area contributed by atoms with Gasteiger partial charge in [0.25, 0.3) is 11.8 Å². The number of carbonyl (C=O) groups excluding carboxylic acids is 4. The Bertz CT molecular complexity index is 1340. The van der Waals surface area contributed by atoms with Crippen LogP contribution < -0.4 is 0 Å². The van der Waals surface area contributed by atoms with Crippen molar-refractivity contribution >= 4 is 23.8 Å². The number of benzene rings is 3. The Balaban J connectivity index is 1.45. The van der Waals surface area contributed by atoms with Crippen molar-refractivity contribution in [3.63, 3.8) is 0 Å². The summed E-state index contributed by atoms with van der Waals surface area (Å²) in [5, 5.41) is 11.5. The normalized spacial score (nSPS) is 24.3. The molecule has 1 aliphatic heterocycles. The molecule has 9 nitrogen and oxygen atoms in total. The zero-order valence-corrected chi connectivity index (χ0v) is 21.1. The van der Waals surface area contributed by atoms with Gasteiger partial charge in [-0.05, 0) is 42.8 Å². The molecule has 1 saturated carbocycles. The summed E-state index contributed by atoms with van der Waals surface area (Å²) in [5.74, 6) is -3.15. The number of amides is 2. The molecule has 0 aromatic heterocycles. The number of ether oxygens (including phenoxy) is 3. The average molecular weight is 530 g/mol. The zero-order valence-electron chi connectivity index (χ0n) is 21.1. The van der Waals surface area contributed by atoms with Gasteiger partial charge >= 0.3 is 11.9 Å². The largest absolute Gasteiger partial charge is 0.462 e. The zero-order chi connectivity index (χ0) is 27.5. The minimum atomic E-state index is -1.37. The maximum absolute atomic E-state index is 13.4. The first-order valence-electron chi connectivity index (χ1n) is 12.6. The van der Waals surface area contributed by atoms with Crippen molar-refractivity contribution in [3.05, 3.63) is 107 Å². The van der Waals surface area contributed by atoms with E-state index in [-0.39, 0.29) is 29.7 Å². The Morgan fingerprint density at radius 3 is 1.87 bits per heavy atom. The number of aliphatic hydroxyl groups is 1. The molecule has 5 unspecified atom stereocenters. The summed E-state index contributed by atoms with van der Waals surface area (Å²) in [6.07, 6.45) is -3.40. The molecule has 3 aromatic rings. The Morgan fingerprint density at radius 2 is 1.33 bits per heavy atom. The molecule has 0 radical (unpaired) electrons. The van der Waals surface area contributed by atoms with Crippen LogP contribution in [-0.4, -0.2) is 71.8 Å². The first-order chi connectivity index (χ1) is 18.9. The number of hydrogen-bond donors (Lipinski definition) is 1. The van der Waals surface area contributed by atoms with Crippen molar-refractivity contribution in [1.29, 1.82) is 0 Å². The van der Waals surface area contributed by atoms with E-state index >= 15 is 0 Å². The Hall–Kier alpha value is -4.34. The summed E-state index contributed by atoms with van der Waals surface area (Å²) in [6.45, 7) is -0.191. The summed E-state index contributed by atoms with van der Waals surface area (Å²) in [6, 6.07) is 21.9. The quantitative estimate of drug-likeness (QED) is 0.366. The second kappa shape index (κ2) is 11.2. The van der Waals surface area contributed by atoms with Gasteiger partial charge in [-0.25, -0.2) is 9.59 Å². The number of carbonyl (C=O) groups is 4. The number of rotatable bonds is 7. The van der Waals surface area contributed by atoms with E-state index < -0.39 is 54.0 Å². The molecule has 1 fully saturated rings. The van der Waals surface area contributed by atoms with Crippen LogP contribution in [0.2, 0.25) is 0 Å². The first-order valence-corrected chi connectivity index (χ1v) is 12.6. The molecule has 1 heterocycles. The van der Waals surface area contributed by atoms with Crippen LogP contribution in [0.4, 0.5) is 0 Å². The maximum Gasteiger partial charge on any atom is 0.338 e. The third-order valence-corrected chi connectivity index (χ3v) is 7.19. The highest BCUT2D eigenvalue weighted by molar-refractivity contribution is 6.21. The lowest BCUT2D eigenvalue weighted by Crippen LogP contribution is -2.64. The molecule has 1 aliphatic carbocycles. The van der Waals surface area contributed by atoms with Crippen LogP contribution in [0.25, 0.3) is 0 Å². The molecule has 200 valence electrons. The predicted molar refractivity (Wildman–Crippen MR) is 138 cm³/mol. The molecule has 2 amide bonds. The molecule has 3 aromatic carbocycles. The molecule has 0 bridgehead atoms. The summed E-state index contributed by atoms with van der Waals surface area (Å²) in [7, 11) is 1.41. The van der Waals surface area contributed by atoms with Gasteiger partial charge < -0.3 is 19.3 Å². The van der Waals surface area contributed by atoms with E-state index in [9.17, 15) is 24.3 Å². The van der Waals surface area contributed by atoms with Crippen molar-refractivity contribution in [2.45, 2.75) is 30.8 Å². The van der Waals surface area contributed by atoms with E-state index in [1.807, 2.05) is 0 Å². The molecule has 0 spiro atoms. The minimum Gasteiger partial charge on any atom is -0.462 e. The minimum absolute atomic E-state index is 0.136. The number of esters is 2. The van der Waals surface area contributed by atoms with Crippen LogP contribution in [-0.2, 0) is 14.2 Å². The van der Waals surface area contributed by atoms with Gasteiger partial charge in [0.2, 0.25) is 0 Å². The smallest absolute Gasteiger partial charge is 0.338 e. The van der Waals surface area contributed by atoms with E-state index in [0.29, 0.717) is 5.56 Å². The summed E-state index contributed by atoms with van der Waals surface area (Å²) < 4.78 is 17.0. The maximum atomic E-state index is 13.4. The number of imide groups is 1. The lowest BCUT2D eigenvalue weighted by atomic mass is 9.78. The Morgan fingerprint density at radius 1 is 0.821 bits per heavy atom. The van der Waals surface area contributed by atoms with Crippen molar-refractivity contribution in [2.24, 2.45) is 5.92 Å². The van der Waals surface area contributed by atoms with Gasteiger partial charge in [-0.1, -0.05) is 48.5 Å². The Kier molecular flexibility index (Phi) is 7.53. The molecule has 5 rings (SSSR count). The van der Waals surface area contributed by atoms with Gasteiger partial charge in [0, 0.05) is 13.0 Å². The second-order valence-corrected chi connectivity index (χ2v) is 9.48. The third kappa shape index (κ3) is 5.06. The first kappa shape index (κ1) is 26.3. The molecule has 0 saturated heterocycles. The molecular weight excluding hydrogens is 502 g/mol. The summed E-state index contributed by atoms with van der Waals surface area (Å²) in [4.78, 5) is 53.4. The van der Waals surface area contributed by atoms with E-state index in [1.54, 1.807) is 84.9 Å².